The molecule has 0 spiro atoms. The third-order valence-electron chi connectivity index (χ3n) is 6.48. The zero-order valence-corrected chi connectivity index (χ0v) is 20.5. The van der Waals surface area contributed by atoms with E-state index in [0.29, 0.717) is 44.8 Å². The van der Waals surface area contributed by atoms with Crippen LogP contribution in [0.3, 0.4) is 0 Å². The Hall–Kier alpha value is -4.46. The van der Waals surface area contributed by atoms with Crippen LogP contribution in [0.25, 0.3) is 27.6 Å². The SMILES string of the molecule is COC(=O)c1c(-c2cc(OC)c(OC)c(OC)c2)c2ccccc2c(=O)n1-c1ccc2c(c1)NCC2. The van der Waals surface area contributed by atoms with Crippen molar-refractivity contribution in [1.82, 2.24) is 4.57 Å². The zero-order valence-electron chi connectivity index (χ0n) is 20.5. The van der Waals surface area contributed by atoms with Gasteiger partial charge in [0.05, 0.1) is 34.1 Å². The lowest BCUT2D eigenvalue weighted by Gasteiger charge is -2.21. The summed E-state index contributed by atoms with van der Waals surface area (Å²) < 4.78 is 23.3. The summed E-state index contributed by atoms with van der Waals surface area (Å²) in [6.07, 6.45) is 0.906. The first kappa shape index (κ1) is 23.3. The maximum Gasteiger partial charge on any atom is 0.355 e. The molecule has 0 bridgehead atoms. The molecule has 0 amide bonds. The second-order valence-electron chi connectivity index (χ2n) is 8.33. The average Bonchev–Trinajstić information content (AvgIpc) is 3.39. The average molecular weight is 487 g/mol. The number of pyridine rings is 1. The van der Waals surface area contributed by atoms with E-state index in [4.69, 9.17) is 18.9 Å². The van der Waals surface area contributed by atoms with Gasteiger partial charge in [0.2, 0.25) is 5.75 Å². The fraction of sp³-hybridized carbons (Fsp3) is 0.214. The fourth-order valence-corrected chi connectivity index (χ4v) is 4.82. The Balaban J connectivity index is 1.94. The molecule has 0 saturated carbocycles. The molecule has 0 radical (unpaired) electrons. The van der Waals surface area contributed by atoms with Gasteiger partial charge in [0, 0.05) is 23.2 Å². The fourth-order valence-electron chi connectivity index (χ4n) is 4.82. The molecule has 36 heavy (non-hydrogen) atoms. The Morgan fingerprint density at radius 2 is 1.58 bits per heavy atom. The summed E-state index contributed by atoms with van der Waals surface area (Å²) in [4.78, 5) is 27.2. The molecule has 0 atom stereocenters. The lowest BCUT2D eigenvalue weighted by molar-refractivity contribution is 0.0591. The van der Waals surface area contributed by atoms with Crippen LogP contribution in [0.1, 0.15) is 16.1 Å². The molecule has 0 aliphatic carbocycles. The van der Waals surface area contributed by atoms with Crippen molar-refractivity contribution < 1.29 is 23.7 Å². The summed E-state index contributed by atoms with van der Waals surface area (Å²) in [6.45, 7) is 0.825. The third-order valence-corrected chi connectivity index (χ3v) is 6.48. The van der Waals surface area contributed by atoms with Gasteiger partial charge in [-0.1, -0.05) is 24.3 Å². The number of esters is 1. The van der Waals surface area contributed by atoms with Crippen LogP contribution < -0.4 is 25.1 Å². The van der Waals surface area contributed by atoms with Crippen molar-refractivity contribution in [1.29, 1.82) is 0 Å². The van der Waals surface area contributed by atoms with E-state index >= 15 is 0 Å². The van der Waals surface area contributed by atoms with Gasteiger partial charge >= 0.3 is 5.97 Å². The van der Waals surface area contributed by atoms with Crippen molar-refractivity contribution in [3.05, 3.63) is 76.2 Å². The minimum absolute atomic E-state index is 0.105. The summed E-state index contributed by atoms with van der Waals surface area (Å²) in [5.41, 5.74) is 3.58. The van der Waals surface area contributed by atoms with E-state index in [9.17, 15) is 9.59 Å². The smallest absolute Gasteiger partial charge is 0.355 e. The molecule has 0 unspecified atom stereocenters. The second-order valence-corrected chi connectivity index (χ2v) is 8.33. The monoisotopic (exact) mass is 486 g/mol. The van der Waals surface area contributed by atoms with Crippen LogP contribution in [-0.4, -0.2) is 45.5 Å². The number of aromatic nitrogens is 1. The summed E-state index contributed by atoms with van der Waals surface area (Å²) in [6, 6.07) is 16.4. The van der Waals surface area contributed by atoms with Gasteiger partial charge in [0.25, 0.3) is 5.56 Å². The van der Waals surface area contributed by atoms with Crippen LogP contribution in [0.2, 0.25) is 0 Å². The summed E-state index contributed by atoms with van der Waals surface area (Å²) in [5.74, 6) is 0.623. The number of carbonyl (C=O) groups excluding carboxylic acids is 1. The van der Waals surface area contributed by atoms with Crippen molar-refractivity contribution in [3.8, 4) is 34.1 Å². The van der Waals surface area contributed by atoms with Gasteiger partial charge in [-0.25, -0.2) is 4.79 Å². The molecular weight excluding hydrogens is 460 g/mol. The number of benzene rings is 3. The van der Waals surface area contributed by atoms with Gasteiger partial charge in [-0.3, -0.25) is 9.36 Å². The number of ether oxygens (including phenoxy) is 4. The predicted molar refractivity (Wildman–Crippen MR) is 138 cm³/mol. The number of carbonyl (C=O) groups is 1. The number of nitrogens with zero attached hydrogens (tertiary/aromatic N) is 1. The molecule has 5 rings (SSSR count). The number of anilines is 1. The largest absolute Gasteiger partial charge is 0.493 e. The Morgan fingerprint density at radius 1 is 0.889 bits per heavy atom. The first-order chi connectivity index (χ1) is 17.5. The molecule has 8 nitrogen and oxygen atoms in total. The van der Waals surface area contributed by atoms with Crippen LogP contribution in [-0.2, 0) is 11.2 Å². The molecule has 184 valence electrons. The Labute approximate surface area is 208 Å². The molecule has 8 heteroatoms. The second kappa shape index (κ2) is 9.30. The van der Waals surface area contributed by atoms with Crippen molar-refractivity contribution in [3.63, 3.8) is 0 Å². The van der Waals surface area contributed by atoms with E-state index in [1.165, 1.54) is 33.0 Å². The highest BCUT2D eigenvalue weighted by Gasteiger charge is 2.27. The Morgan fingerprint density at radius 3 is 2.22 bits per heavy atom. The van der Waals surface area contributed by atoms with Crippen LogP contribution >= 0.6 is 0 Å². The van der Waals surface area contributed by atoms with Gasteiger partial charge in [0.15, 0.2) is 11.5 Å². The minimum atomic E-state index is -0.643. The molecule has 0 fully saturated rings. The van der Waals surface area contributed by atoms with E-state index in [1.807, 2.05) is 30.3 Å². The Kier molecular flexibility index (Phi) is 6.01. The number of rotatable bonds is 6. The molecule has 1 aromatic heterocycles. The third kappa shape index (κ3) is 3.62. The van der Waals surface area contributed by atoms with E-state index in [0.717, 1.165) is 24.2 Å². The zero-order chi connectivity index (χ0) is 25.4. The molecule has 4 aromatic rings. The maximum absolute atomic E-state index is 13.9. The van der Waals surface area contributed by atoms with Crippen molar-refractivity contribution in [2.45, 2.75) is 6.42 Å². The quantitative estimate of drug-likeness (QED) is 0.403. The summed E-state index contributed by atoms with van der Waals surface area (Å²) in [7, 11) is 5.88. The number of nitrogens with one attached hydrogen (secondary N) is 1. The number of hydrogen-bond acceptors (Lipinski definition) is 7. The predicted octanol–water partition coefficient (Wildman–Crippen LogP) is 4.44. The molecule has 1 N–H and O–H groups in total. The first-order valence-electron chi connectivity index (χ1n) is 11.5. The number of hydrogen-bond donors (Lipinski definition) is 1. The molecule has 1 aliphatic heterocycles. The molecular formula is C28H26N2O6. The number of fused-ring (bicyclic) bond motifs is 2. The molecule has 3 aromatic carbocycles. The highest BCUT2D eigenvalue weighted by molar-refractivity contribution is 6.07. The van der Waals surface area contributed by atoms with Crippen LogP contribution in [0.5, 0.6) is 17.2 Å². The van der Waals surface area contributed by atoms with E-state index in [2.05, 4.69) is 5.32 Å². The van der Waals surface area contributed by atoms with Gasteiger partial charge in [0.1, 0.15) is 5.69 Å². The maximum atomic E-state index is 13.9. The lowest BCUT2D eigenvalue weighted by Crippen LogP contribution is -2.27. The number of methoxy groups -OCH3 is 4. The normalized spacial score (nSPS) is 12.1. The van der Waals surface area contributed by atoms with Gasteiger partial charge < -0.3 is 24.3 Å². The highest BCUT2D eigenvalue weighted by atomic mass is 16.5. The van der Waals surface area contributed by atoms with Gasteiger partial charge in [-0.05, 0) is 53.3 Å². The summed E-state index contributed by atoms with van der Waals surface area (Å²) in [5, 5.41) is 4.41. The van der Waals surface area contributed by atoms with Crippen LogP contribution in [0.15, 0.2) is 59.4 Å². The van der Waals surface area contributed by atoms with E-state index < -0.39 is 5.97 Å². The summed E-state index contributed by atoms with van der Waals surface area (Å²) >= 11 is 0. The lowest BCUT2D eigenvalue weighted by atomic mass is 9.95. The van der Waals surface area contributed by atoms with Gasteiger partial charge in [-0.2, -0.15) is 0 Å². The molecule has 1 aliphatic rings. The standard InChI is InChI=1S/C28H26N2O6/c1-33-22-13-17(14-23(34-2)26(22)35-3)24-19-7-5-6-8-20(19)27(31)30(25(24)28(32)36-4)18-10-9-16-11-12-29-21(16)15-18/h5-10,13-15,29H,11-12H2,1-4H3. The van der Waals surface area contributed by atoms with Crippen LogP contribution in [0, 0.1) is 0 Å². The van der Waals surface area contributed by atoms with E-state index in [-0.39, 0.29) is 11.3 Å². The topological polar surface area (TPSA) is 88.0 Å². The van der Waals surface area contributed by atoms with Crippen LogP contribution in [0.4, 0.5) is 5.69 Å². The molecule has 0 saturated heterocycles. The van der Waals surface area contributed by atoms with Crippen molar-refractivity contribution in [2.24, 2.45) is 0 Å². The minimum Gasteiger partial charge on any atom is -0.493 e. The van der Waals surface area contributed by atoms with E-state index in [1.54, 1.807) is 24.3 Å². The Bertz CT molecular complexity index is 1530. The van der Waals surface area contributed by atoms with Crippen molar-refractivity contribution in [2.75, 3.05) is 40.3 Å². The van der Waals surface area contributed by atoms with Crippen molar-refractivity contribution >= 4 is 22.4 Å². The first-order valence-corrected chi connectivity index (χ1v) is 11.5. The molecule has 2 heterocycles. The highest BCUT2D eigenvalue weighted by Crippen LogP contribution is 2.43. The van der Waals surface area contributed by atoms with Gasteiger partial charge in [-0.15, -0.1) is 0 Å².